The van der Waals surface area contributed by atoms with Crippen molar-refractivity contribution < 1.29 is 17.6 Å². The summed E-state index contributed by atoms with van der Waals surface area (Å²) < 4.78 is 37.6. The molecule has 0 unspecified atom stereocenters. The Morgan fingerprint density at radius 2 is 2.10 bits per heavy atom. The second-order valence-corrected chi connectivity index (χ2v) is 6.78. The van der Waals surface area contributed by atoms with Crippen molar-refractivity contribution in [3.8, 4) is 0 Å². The summed E-state index contributed by atoms with van der Waals surface area (Å²) in [5.41, 5.74) is 0.529. The number of hydrogen-bond acceptors (Lipinski definition) is 3. The molecule has 2 rings (SSSR count). The van der Waals surface area contributed by atoms with Crippen LogP contribution in [-0.2, 0) is 21.2 Å². The Labute approximate surface area is 117 Å². The topological polar surface area (TPSA) is 66.5 Å². The normalized spacial score (nSPS) is 18.1. The van der Waals surface area contributed by atoms with E-state index >= 15 is 0 Å². The van der Waals surface area contributed by atoms with Crippen LogP contribution in [0.5, 0.6) is 0 Å². The molecule has 0 aliphatic carbocycles. The zero-order chi connectivity index (χ0) is 14.6. The van der Waals surface area contributed by atoms with Gasteiger partial charge in [0.1, 0.15) is 5.82 Å². The van der Waals surface area contributed by atoms with Gasteiger partial charge in [0.2, 0.25) is 15.9 Å². The second-order valence-electron chi connectivity index (χ2n) is 4.69. The predicted octanol–water partition coefficient (Wildman–Crippen LogP) is 0.520. The van der Waals surface area contributed by atoms with Gasteiger partial charge in [0.05, 0.1) is 12.3 Å². The average Bonchev–Trinajstić information content (AvgIpc) is 2.71. The molecular formula is C13H17FN2O3S. The molecule has 0 aromatic heterocycles. The molecule has 1 aliphatic heterocycles. The molecular weight excluding hydrogens is 283 g/mol. The van der Waals surface area contributed by atoms with Crippen molar-refractivity contribution >= 4 is 15.9 Å². The van der Waals surface area contributed by atoms with Gasteiger partial charge in [0.15, 0.2) is 0 Å². The minimum atomic E-state index is -3.25. The lowest BCUT2D eigenvalue weighted by Crippen LogP contribution is -2.38. The van der Waals surface area contributed by atoms with Crippen molar-refractivity contribution in [2.75, 3.05) is 25.4 Å². The van der Waals surface area contributed by atoms with Crippen LogP contribution in [0.15, 0.2) is 24.3 Å². The molecule has 0 atom stereocenters. The Balaban J connectivity index is 1.77. The van der Waals surface area contributed by atoms with Crippen LogP contribution in [0.2, 0.25) is 0 Å². The summed E-state index contributed by atoms with van der Waals surface area (Å²) in [5, 5.41) is 2.61. The average molecular weight is 300 g/mol. The van der Waals surface area contributed by atoms with E-state index in [1.165, 1.54) is 10.4 Å². The molecule has 1 saturated heterocycles. The highest BCUT2D eigenvalue weighted by atomic mass is 32.2. The third-order valence-electron chi connectivity index (χ3n) is 3.20. The first-order chi connectivity index (χ1) is 9.49. The lowest BCUT2D eigenvalue weighted by atomic mass is 10.1. The molecule has 0 radical (unpaired) electrons. The summed E-state index contributed by atoms with van der Waals surface area (Å²) in [7, 11) is -3.25. The van der Waals surface area contributed by atoms with E-state index in [4.69, 9.17) is 0 Å². The van der Waals surface area contributed by atoms with Crippen LogP contribution in [0.4, 0.5) is 4.39 Å². The largest absolute Gasteiger partial charge is 0.355 e. The van der Waals surface area contributed by atoms with Crippen LogP contribution >= 0.6 is 0 Å². The number of nitrogens with zero attached hydrogens (tertiary/aromatic N) is 1. The number of carbonyl (C=O) groups is 1. The van der Waals surface area contributed by atoms with Gasteiger partial charge in [-0.1, -0.05) is 18.2 Å². The van der Waals surface area contributed by atoms with Crippen molar-refractivity contribution in [2.24, 2.45) is 0 Å². The highest BCUT2D eigenvalue weighted by Gasteiger charge is 2.29. The van der Waals surface area contributed by atoms with Crippen LogP contribution in [0, 0.1) is 5.82 Å². The number of carbonyl (C=O) groups excluding carboxylic acids is 1. The van der Waals surface area contributed by atoms with Gasteiger partial charge in [-0.25, -0.2) is 12.8 Å². The zero-order valence-corrected chi connectivity index (χ0v) is 11.8. The van der Waals surface area contributed by atoms with Gasteiger partial charge in [-0.2, -0.15) is 4.31 Å². The number of halogens is 1. The van der Waals surface area contributed by atoms with Gasteiger partial charge >= 0.3 is 0 Å². The Bertz CT molecular complexity index is 589. The summed E-state index contributed by atoms with van der Waals surface area (Å²) in [6, 6.07) is 6.37. The molecule has 1 aliphatic rings. The highest BCUT2D eigenvalue weighted by Crippen LogP contribution is 2.12. The SMILES string of the molecule is O=C(CN1CCCS1(=O)=O)NCCc1ccccc1F. The lowest BCUT2D eigenvalue weighted by Gasteiger charge is -2.13. The van der Waals surface area contributed by atoms with Gasteiger partial charge in [0.25, 0.3) is 0 Å². The molecule has 0 spiro atoms. The third kappa shape index (κ3) is 3.77. The number of rotatable bonds is 5. The maximum atomic E-state index is 13.3. The molecule has 1 amide bonds. The molecule has 7 heteroatoms. The van der Waals surface area contributed by atoms with Crippen molar-refractivity contribution in [3.05, 3.63) is 35.6 Å². The first-order valence-corrected chi connectivity index (χ1v) is 8.08. The van der Waals surface area contributed by atoms with E-state index in [1.54, 1.807) is 18.2 Å². The van der Waals surface area contributed by atoms with Crippen LogP contribution < -0.4 is 5.32 Å². The van der Waals surface area contributed by atoms with Crippen LogP contribution in [0.25, 0.3) is 0 Å². The van der Waals surface area contributed by atoms with E-state index in [2.05, 4.69) is 5.32 Å². The van der Waals surface area contributed by atoms with Crippen LogP contribution in [0.1, 0.15) is 12.0 Å². The Kier molecular flexibility index (Phi) is 4.72. The van der Waals surface area contributed by atoms with E-state index in [0.717, 1.165) is 0 Å². The quantitative estimate of drug-likeness (QED) is 0.862. The summed E-state index contributed by atoms with van der Waals surface area (Å²) in [6.07, 6.45) is 0.940. The fourth-order valence-electron chi connectivity index (χ4n) is 2.12. The third-order valence-corrected chi connectivity index (χ3v) is 5.10. The van der Waals surface area contributed by atoms with Crippen LogP contribution in [0.3, 0.4) is 0 Å². The summed E-state index contributed by atoms with van der Waals surface area (Å²) in [6.45, 7) is 0.524. The van der Waals surface area contributed by atoms with Crippen LogP contribution in [-0.4, -0.2) is 44.0 Å². The second kappa shape index (κ2) is 6.32. The van der Waals surface area contributed by atoms with E-state index < -0.39 is 10.0 Å². The van der Waals surface area contributed by atoms with Gasteiger partial charge < -0.3 is 5.32 Å². The van der Waals surface area contributed by atoms with E-state index in [9.17, 15) is 17.6 Å². The minimum absolute atomic E-state index is 0.107. The fourth-order valence-corrected chi connectivity index (χ4v) is 3.60. The number of benzene rings is 1. The van der Waals surface area contributed by atoms with Crippen molar-refractivity contribution in [3.63, 3.8) is 0 Å². The first kappa shape index (κ1) is 14.9. The van der Waals surface area contributed by atoms with Crippen molar-refractivity contribution in [2.45, 2.75) is 12.8 Å². The number of nitrogens with one attached hydrogen (secondary N) is 1. The first-order valence-electron chi connectivity index (χ1n) is 6.47. The molecule has 1 aromatic carbocycles. The minimum Gasteiger partial charge on any atom is -0.355 e. The maximum Gasteiger partial charge on any atom is 0.235 e. The van der Waals surface area contributed by atoms with Gasteiger partial charge in [-0.05, 0) is 24.5 Å². The van der Waals surface area contributed by atoms with E-state index in [-0.39, 0.29) is 30.6 Å². The lowest BCUT2D eigenvalue weighted by molar-refractivity contribution is -0.121. The maximum absolute atomic E-state index is 13.3. The Morgan fingerprint density at radius 1 is 1.35 bits per heavy atom. The molecule has 5 nitrogen and oxygen atoms in total. The van der Waals surface area contributed by atoms with Crippen molar-refractivity contribution in [1.82, 2.24) is 9.62 Å². The molecule has 20 heavy (non-hydrogen) atoms. The number of hydrogen-bond donors (Lipinski definition) is 1. The summed E-state index contributed by atoms with van der Waals surface area (Å²) >= 11 is 0. The predicted molar refractivity (Wildman–Crippen MR) is 73.1 cm³/mol. The molecule has 1 heterocycles. The molecule has 0 saturated carbocycles. The summed E-state index contributed by atoms with van der Waals surface area (Å²) in [5.74, 6) is -0.550. The number of sulfonamides is 1. The van der Waals surface area contributed by atoms with Crippen molar-refractivity contribution in [1.29, 1.82) is 0 Å². The monoisotopic (exact) mass is 300 g/mol. The van der Waals surface area contributed by atoms with E-state index in [0.29, 0.717) is 24.9 Å². The zero-order valence-electron chi connectivity index (χ0n) is 11.0. The highest BCUT2D eigenvalue weighted by molar-refractivity contribution is 7.89. The molecule has 1 N–H and O–H groups in total. The molecule has 0 bridgehead atoms. The fraction of sp³-hybridized carbons (Fsp3) is 0.462. The molecule has 1 fully saturated rings. The Morgan fingerprint density at radius 3 is 2.75 bits per heavy atom. The Hall–Kier alpha value is -1.47. The summed E-state index contributed by atoms with van der Waals surface area (Å²) in [4.78, 5) is 11.7. The van der Waals surface area contributed by atoms with Gasteiger partial charge in [0, 0.05) is 13.1 Å². The standard InChI is InChI=1S/C13H17FN2O3S/c14-12-5-2-1-4-11(12)6-7-15-13(17)10-16-8-3-9-20(16,18)19/h1-2,4-5H,3,6-10H2,(H,15,17). The smallest absolute Gasteiger partial charge is 0.235 e. The number of amides is 1. The molecule has 110 valence electrons. The van der Waals surface area contributed by atoms with E-state index in [1.807, 2.05) is 0 Å². The van der Waals surface area contributed by atoms with Gasteiger partial charge in [-0.3, -0.25) is 4.79 Å². The van der Waals surface area contributed by atoms with Gasteiger partial charge in [-0.15, -0.1) is 0 Å². The molecule has 1 aromatic rings.